The second-order valence-electron chi connectivity index (χ2n) is 7.03. The second kappa shape index (κ2) is 9.53. The van der Waals surface area contributed by atoms with Crippen LogP contribution < -0.4 is 5.32 Å². The van der Waals surface area contributed by atoms with Gasteiger partial charge in [0.1, 0.15) is 0 Å². The summed E-state index contributed by atoms with van der Waals surface area (Å²) in [6.45, 7) is 6.11. The predicted molar refractivity (Wildman–Crippen MR) is 110 cm³/mol. The zero-order chi connectivity index (χ0) is 19.2. The SMILES string of the molecule is CSc1ncc(Cl)c(C(=O)NCc2ccc(CN3CCCC(C)C3)cc2)n1. The molecular weight excluding hydrogens is 380 g/mol. The van der Waals surface area contributed by atoms with Crippen LogP contribution in [-0.2, 0) is 13.1 Å². The summed E-state index contributed by atoms with van der Waals surface area (Å²) < 4.78 is 0. The number of halogens is 1. The van der Waals surface area contributed by atoms with Gasteiger partial charge in [0.15, 0.2) is 10.9 Å². The van der Waals surface area contributed by atoms with Crippen molar-refractivity contribution in [2.75, 3.05) is 19.3 Å². The molecule has 0 radical (unpaired) electrons. The van der Waals surface area contributed by atoms with Gasteiger partial charge in [-0.15, -0.1) is 0 Å². The molecule has 0 aliphatic carbocycles. The van der Waals surface area contributed by atoms with Gasteiger partial charge in [0, 0.05) is 19.6 Å². The Labute approximate surface area is 169 Å². The van der Waals surface area contributed by atoms with Crippen LogP contribution in [0.25, 0.3) is 0 Å². The van der Waals surface area contributed by atoms with Crippen LogP contribution in [-0.4, -0.2) is 40.1 Å². The number of hydrogen-bond donors (Lipinski definition) is 1. The number of hydrogen-bond acceptors (Lipinski definition) is 5. The Hall–Kier alpha value is -1.63. The van der Waals surface area contributed by atoms with E-state index in [1.54, 1.807) is 0 Å². The Morgan fingerprint density at radius 2 is 2.07 bits per heavy atom. The number of nitrogens with one attached hydrogen (secondary N) is 1. The highest BCUT2D eigenvalue weighted by Gasteiger charge is 2.16. The van der Waals surface area contributed by atoms with E-state index in [0.717, 1.165) is 18.0 Å². The highest BCUT2D eigenvalue weighted by molar-refractivity contribution is 7.98. The summed E-state index contributed by atoms with van der Waals surface area (Å²) >= 11 is 7.43. The number of likely N-dealkylation sites (tertiary alicyclic amines) is 1. The third-order valence-corrected chi connectivity index (χ3v) is 5.58. The van der Waals surface area contributed by atoms with Crippen molar-refractivity contribution in [2.45, 2.75) is 38.0 Å². The van der Waals surface area contributed by atoms with E-state index in [0.29, 0.717) is 11.7 Å². The van der Waals surface area contributed by atoms with E-state index < -0.39 is 0 Å². The average Bonchev–Trinajstić information content (AvgIpc) is 2.67. The normalized spacial score (nSPS) is 17.7. The van der Waals surface area contributed by atoms with Crippen molar-refractivity contribution in [2.24, 2.45) is 5.92 Å². The smallest absolute Gasteiger partial charge is 0.271 e. The fourth-order valence-electron chi connectivity index (χ4n) is 3.33. The number of rotatable bonds is 6. The highest BCUT2D eigenvalue weighted by Crippen LogP contribution is 2.19. The number of benzene rings is 1. The van der Waals surface area contributed by atoms with E-state index >= 15 is 0 Å². The molecule has 1 aliphatic heterocycles. The number of piperidine rings is 1. The number of thioether (sulfide) groups is 1. The minimum atomic E-state index is -0.288. The van der Waals surface area contributed by atoms with E-state index in [9.17, 15) is 4.79 Å². The number of carbonyl (C=O) groups is 1. The van der Waals surface area contributed by atoms with Crippen molar-refractivity contribution in [1.82, 2.24) is 20.2 Å². The fraction of sp³-hybridized carbons (Fsp3) is 0.450. The summed E-state index contributed by atoms with van der Waals surface area (Å²) in [6.07, 6.45) is 5.95. The Balaban J connectivity index is 1.55. The minimum Gasteiger partial charge on any atom is -0.347 e. The lowest BCUT2D eigenvalue weighted by Crippen LogP contribution is -2.33. The molecule has 7 heteroatoms. The van der Waals surface area contributed by atoms with Crippen LogP contribution in [0, 0.1) is 5.92 Å². The molecule has 3 rings (SSSR count). The van der Waals surface area contributed by atoms with E-state index in [1.807, 2.05) is 6.26 Å². The quantitative estimate of drug-likeness (QED) is 0.582. The third kappa shape index (κ3) is 5.67. The van der Waals surface area contributed by atoms with E-state index in [2.05, 4.69) is 51.4 Å². The Kier molecular flexibility index (Phi) is 7.10. The maximum absolute atomic E-state index is 12.4. The first-order chi connectivity index (χ1) is 13.0. The molecule has 1 N–H and O–H groups in total. The number of aromatic nitrogens is 2. The zero-order valence-corrected chi connectivity index (χ0v) is 17.3. The van der Waals surface area contributed by atoms with Crippen LogP contribution in [0.3, 0.4) is 0 Å². The first kappa shape index (κ1) is 20.1. The Bertz CT molecular complexity index is 784. The molecule has 1 aromatic heterocycles. The molecule has 1 atom stereocenters. The molecule has 0 spiro atoms. The summed E-state index contributed by atoms with van der Waals surface area (Å²) in [4.78, 5) is 23.1. The van der Waals surface area contributed by atoms with Crippen LogP contribution in [0.5, 0.6) is 0 Å². The van der Waals surface area contributed by atoms with Gasteiger partial charge in [0.2, 0.25) is 0 Å². The standard InChI is InChI=1S/C20H25ClN4OS/c1-14-4-3-9-25(12-14)13-16-7-5-15(6-8-16)10-22-19(26)18-17(21)11-23-20(24-18)27-2/h5-8,11,14H,3-4,9-10,12-13H2,1-2H3,(H,22,26). The van der Waals surface area contributed by atoms with Gasteiger partial charge in [-0.25, -0.2) is 9.97 Å². The number of carbonyl (C=O) groups excluding carboxylic acids is 1. The second-order valence-corrected chi connectivity index (χ2v) is 8.22. The van der Waals surface area contributed by atoms with Crippen LogP contribution in [0.15, 0.2) is 35.6 Å². The van der Waals surface area contributed by atoms with Crippen molar-refractivity contribution >= 4 is 29.3 Å². The first-order valence-electron chi connectivity index (χ1n) is 9.20. The van der Waals surface area contributed by atoms with Gasteiger partial charge in [-0.3, -0.25) is 9.69 Å². The molecule has 2 aromatic rings. The van der Waals surface area contributed by atoms with Gasteiger partial charge in [-0.05, 0) is 42.7 Å². The molecule has 27 heavy (non-hydrogen) atoms. The molecule has 144 valence electrons. The van der Waals surface area contributed by atoms with Gasteiger partial charge in [0.25, 0.3) is 5.91 Å². The molecule has 0 saturated carbocycles. The molecule has 5 nitrogen and oxygen atoms in total. The maximum atomic E-state index is 12.4. The van der Waals surface area contributed by atoms with Crippen molar-refractivity contribution in [3.05, 3.63) is 52.3 Å². The highest BCUT2D eigenvalue weighted by atomic mass is 35.5. The molecule has 2 heterocycles. The number of nitrogens with zero attached hydrogens (tertiary/aromatic N) is 3. The summed E-state index contributed by atoms with van der Waals surface area (Å²) in [5, 5.41) is 3.67. The Morgan fingerprint density at radius 1 is 1.33 bits per heavy atom. The molecule has 1 fully saturated rings. The van der Waals surface area contributed by atoms with Crippen molar-refractivity contribution in [3.8, 4) is 0 Å². The maximum Gasteiger partial charge on any atom is 0.271 e. The molecule has 1 saturated heterocycles. The fourth-order valence-corrected chi connectivity index (χ4v) is 3.84. The molecular formula is C20H25ClN4OS. The van der Waals surface area contributed by atoms with E-state index in [4.69, 9.17) is 11.6 Å². The van der Waals surface area contributed by atoms with Gasteiger partial charge in [-0.1, -0.05) is 54.6 Å². The van der Waals surface area contributed by atoms with Crippen molar-refractivity contribution in [3.63, 3.8) is 0 Å². The Morgan fingerprint density at radius 3 is 2.78 bits per heavy atom. The van der Waals surface area contributed by atoms with Crippen LogP contribution in [0.2, 0.25) is 5.02 Å². The lowest BCUT2D eigenvalue weighted by molar-refractivity contribution is 0.0945. The topological polar surface area (TPSA) is 58.1 Å². The van der Waals surface area contributed by atoms with Crippen LogP contribution in [0.1, 0.15) is 41.4 Å². The molecule has 1 aromatic carbocycles. The monoisotopic (exact) mass is 404 g/mol. The lowest BCUT2D eigenvalue weighted by atomic mass is 9.99. The lowest BCUT2D eigenvalue weighted by Gasteiger charge is -2.30. The van der Waals surface area contributed by atoms with Gasteiger partial charge in [0.05, 0.1) is 11.2 Å². The summed E-state index contributed by atoms with van der Waals surface area (Å²) in [7, 11) is 0. The minimum absolute atomic E-state index is 0.215. The first-order valence-corrected chi connectivity index (χ1v) is 10.8. The van der Waals surface area contributed by atoms with E-state index in [-0.39, 0.29) is 16.6 Å². The third-order valence-electron chi connectivity index (χ3n) is 4.74. The number of amides is 1. The molecule has 1 unspecified atom stereocenters. The van der Waals surface area contributed by atoms with Crippen LogP contribution in [0.4, 0.5) is 0 Å². The largest absolute Gasteiger partial charge is 0.347 e. The van der Waals surface area contributed by atoms with Gasteiger partial charge >= 0.3 is 0 Å². The van der Waals surface area contributed by atoms with Gasteiger partial charge in [-0.2, -0.15) is 0 Å². The molecule has 1 amide bonds. The van der Waals surface area contributed by atoms with Crippen molar-refractivity contribution < 1.29 is 4.79 Å². The predicted octanol–water partition coefficient (Wildman–Crippen LogP) is 4.01. The van der Waals surface area contributed by atoms with E-state index in [1.165, 1.54) is 49.5 Å². The van der Waals surface area contributed by atoms with Crippen LogP contribution >= 0.6 is 23.4 Å². The average molecular weight is 405 g/mol. The van der Waals surface area contributed by atoms with Crippen molar-refractivity contribution in [1.29, 1.82) is 0 Å². The zero-order valence-electron chi connectivity index (χ0n) is 15.7. The summed E-state index contributed by atoms with van der Waals surface area (Å²) in [5.41, 5.74) is 2.57. The summed E-state index contributed by atoms with van der Waals surface area (Å²) in [6, 6.07) is 8.42. The molecule has 1 aliphatic rings. The summed E-state index contributed by atoms with van der Waals surface area (Å²) in [5.74, 6) is 0.498. The van der Waals surface area contributed by atoms with Gasteiger partial charge < -0.3 is 5.32 Å². The molecule has 0 bridgehead atoms.